The molecule has 0 radical (unpaired) electrons. The summed E-state index contributed by atoms with van der Waals surface area (Å²) >= 11 is 3.04. The molecule has 4 nitrogen and oxygen atoms in total. The Bertz CT molecular complexity index is 673. The van der Waals surface area contributed by atoms with Crippen molar-refractivity contribution in [3.63, 3.8) is 0 Å². The Balaban J connectivity index is 2.16. The average molecular weight is 345 g/mol. The molecule has 7 heteroatoms. The minimum Gasteiger partial charge on any atom is -0.310 e. The average Bonchev–Trinajstić information content (AvgIpc) is 3.03. The van der Waals surface area contributed by atoms with E-state index in [1.54, 1.807) is 11.3 Å². The summed E-state index contributed by atoms with van der Waals surface area (Å²) in [5, 5.41) is 7.12. The predicted molar refractivity (Wildman–Crippen MR) is 89.4 cm³/mol. The van der Waals surface area contributed by atoms with Gasteiger partial charge in [-0.1, -0.05) is 19.9 Å². The molecule has 0 amide bonds. The topological polar surface area (TPSA) is 58.2 Å². The maximum Gasteiger partial charge on any atom is 0.242 e. The first kappa shape index (κ1) is 16.6. The Morgan fingerprint density at radius 2 is 2.00 bits per heavy atom. The number of sulfonamides is 1. The number of rotatable bonds is 7. The van der Waals surface area contributed by atoms with Crippen molar-refractivity contribution in [1.29, 1.82) is 0 Å². The second kappa shape index (κ2) is 7.02. The van der Waals surface area contributed by atoms with Crippen LogP contribution in [-0.4, -0.2) is 14.5 Å². The van der Waals surface area contributed by atoms with Gasteiger partial charge in [0.15, 0.2) is 0 Å². The van der Waals surface area contributed by atoms with Crippen molar-refractivity contribution in [3.8, 4) is 0 Å². The number of nitrogens with one attached hydrogen (secondary N) is 2. The van der Waals surface area contributed by atoms with Crippen molar-refractivity contribution >= 4 is 32.7 Å². The molecule has 0 atom stereocenters. The lowest BCUT2D eigenvalue weighted by atomic mass is 10.3. The molecule has 0 saturated carbocycles. The molecular weight excluding hydrogens is 324 g/mol. The number of hydrogen-bond acceptors (Lipinski definition) is 5. The van der Waals surface area contributed by atoms with Gasteiger partial charge >= 0.3 is 0 Å². The summed E-state index contributed by atoms with van der Waals surface area (Å²) in [5.74, 6) is 0. The Morgan fingerprint density at radius 1 is 1.24 bits per heavy atom. The van der Waals surface area contributed by atoms with E-state index in [2.05, 4.69) is 10.0 Å². The highest BCUT2D eigenvalue weighted by Gasteiger charge is 2.22. The second-order valence-electron chi connectivity index (χ2n) is 5.11. The van der Waals surface area contributed by atoms with E-state index in [0.717, 1.165) is 15.3 Å². The molecule has 0 aliphatic carbocycles. The number of hydrogen-bond donors (Lipinski definition) is 2. The van der Waals surface area contributed by atoms with Gasteiger partial charge in [0.2, 0.25) is 10.0 Å². The van der Waals surface area contributed by atoms with Crippen LogP contribution in [0, 0.1) is 6.92 Å². The molecule has 0 aromatic carbocycles. The normalized spacial score (nSPS) is 12.2. The Morgan fingerprint density at radius 3 is 2.62 bits per heavy atom. The van der Waals surface area contributed by atoms with Crippen LogP contribution in [0.2, 0.25) is 0 Å². The highest BCUT2D eigenvalue weighted by Crippen LogP contribution is 2.27. The van der Waals surface area contributed by atoms with Gasteiger partial charge in [0.05, 0.1) is 0 Å². The van der Waals surface area contributed by atoms with Crippen molar-refractivity contribution in [3.05, 3.63) is 38.2 Å². The Hall–Kier alpha value is -0.730. The largest absolute Gasteiger partial charge is 0.310 e. The van der Waals surface area contributed by atoms with Crippen LogP contribution in [0.25, 0.3) is 0 Å². The van der Waals surface area contributed by atoms with Gasteiger partial charge in [-0.3, -0.25) is 0 Å². The smallest absolute Gasteiger partial charge is 0.242 e. The summed E-state index contributed by atoms with van der Waals surface area (Å²) in [6.07, 6.45) is 0. The van der Waals surface area contributed by atoms with Crippen LogP contribution in [0.1, 0.15) is 29.2 Å². The molecule has 0 aliphatic heterocycles. The summed E-state index contributed by atoms with van der Waals surface area (Å²) in [6.45, 7) is 6.85. The van der Waals surface area contributed by atoms with Gasteiger partial charge < -0.3 is 5.32 Å². The highest BCUT2D eigenvalue weighted by atomic mass is 32.2. The summed E-state index contributed by atoms with van der Waals surface area (Å²) < 4.78 is 27.8. The quantitative estimate of drug-likeness (QED) is 0.811. The molecule has 2 rings (SSSR count). The highest BCUT2D eigenvalue weighted by molar-refractivity contribution is 7.89. The van der Waals surface area contributed by atoms with Gasteiger partial charge in [0, 0.05) is 28.9 Å². The van der Waals surface area contributed by atoms with E-state index in [-0.39, 0.29) is 0 Å². The van der Waals surface area contributed by atoms with E-state index < -0.39 is 10.0 Å². The molecule has 0 bridgehead atoms. The zero-order chi connectivity index (χ0) is 15.5. The molecule has 21 heavy (non-hydrogen) atoms. The van der Waals surface area contributed by atoms with Gasteiger partial charge in [-0.2, -0.15) is 0 Å². The molecule has 0 fully saturated rings. The molecule has 2 N–H and O–H groups in total. The predicted octanol–water partition coefficient (Wildman–Crippen LogP) is 3.09. The molecule has 0 saturated heterocycles. The van der Waals surface area contributed by atoms with Crippen LogP contribution in [0.5, 0.6) is 0 Å². The van der Waals surface area contributed by atoms with Crippen molar-refractivity contribution in [1.82, 2.24) is 10.0 Å². The zero-order valence-corrected chi connectivity index (χ0v) is 14.8. The van der Waals surface area contributed by atoms with Crippen LogP contribution < -0.4 is 10.0 Å². The third kappa shape index (κ3) is 4.37. The fraction of sp³-hybridized carbons (Fsp3) is 0.429. The fourth-order valence-corrected chi connectivity index (χ4v) is 5.42. The maximum absolute atomic E-state index is 12.5. The van der Waals surface area contributed by atoms with Gasteiger partial charge in [-0.25, -0.2) is 13.1 Å². The third-order valence-electron chi connectivity index (χ3n) is 2.95. The molecule has 2 heterocycles. The second-order valence-corrected chi connectivity index (χ2v) is 8.81. The first-order chi connectivity index (χ1) is 9.90. The molecule has 0 aliphatic rings. The van der Waals surface area contributed by atoms with E-state index in [1.165, 1.54) is 11.3 Å². The lowest BCUT2D eigenvalue weighted by molar-refractivity contribution is 0.571. The lowest BCUT2D eigenvalue weighted by Crippen LogP contribution is -2.26. The fourth-order valence-electron chi connectivity index (χ4n) is 1.92. The Kier molecular flexibility index (Phi) is 5.56. The summed E-state index contributed by atoms with van der Waals surface area (Å²) in [6, 6.07) is 4.17. The first-order valence-corrected chi connectivity index (χ1v) is 9.97. The van der Waals surface area contributed by atoms with Crippen molar-refractivity contribution in [2.45, 2.75) is 44.8 Å². The van der Waals surface area contributed by atoms with Crippen LogP contribution in [-0.2, 0) is 23.1 Å². The van der Waals surface area contributed by atoms with Crippen LogP contribution in [0.3, 0.4) is 0 Å². The monoisotopic (exact) mass is 344 g/mol. The summed E-state index contributed by atoms with van der Waals surface area (Å²) in [5.41, 5.74) is 0.805. The Labute approximate surface area is 134 Å². The standard InChI is InChI=1S/C14H20N2O2S3/c1-10(2)15-8-13-14(11(3)9-20-13)21(17,18)16-7-12-5-4-6-19-12/h4-6,9-10,15-16H,7-8H2,1-3H3. The summed E-state index contributed by atoms with van der Waals surface area (Å²) in [7, 11) is -3.48. The van der Waals surface area contributed by atoms with E-state index >= 15 is 0 Å². The number of aryl methyl sites for hydroxylation is 1. The SMILES string of the molecule is Cc1csc(CNC(C)C)c1S(=O)(=O)NCc1cccs1. The molecule has 2 aromatic heterocycles. The molecule has 0 spiro atoms. The van der Waals surface area contributed by atoms with Crippen molar-refractivity contribution in [2.75, 3.05) is 0 Å². The molecule has 0 unspecified atom stereocenters. The van der Waals surface area contributed by atoms with Gasteiger partial charge in [0.1, 0.15) is 4.90 Å². The van der Waals surface area contributed by atoms with E-state index in [1.807, 2.05) is 43.7 Å². The molecule has 116 valence electrons. The zero-order valence-electron chi connectivity index (χ0n) is 12.3. The first-order valence-electron chi connectivity index (χ1n) is 6.72. The summed E-state index contributed by atoms with van der Waals surface area (Å²) in [4.78, 5) is 2.30. The van der Waals surface area contributed by atoms with E-state index in [0.29, 0.717) is 24.0 Å². The van der Waals surface area contributed by atoms with E-state index in [9.17, 15) is 8.42 Å². The van der Waals surface area contributed by atoms with Gasteiger partial charge in [-0.15, -0.1) is 22.7 Å². The minimum atomic E-state index is -3.48. The molecular formula is C14H20N2O2S3. The van der Waals surface area contributed by atoms with Crippen LogP contribution >= 0.6 is 22.7 Å². The van der Waals surface area contributed by atoms with Gasteiger partial charge in [-0.05, 0) is 29.3 Å². The van der Waals surface area contributed by atoms with Crippen LogP contribution in [0.4, 0.5) is 0 Å². The van der Waals surface area contributed by atoms with E-state index in [4.69, 9.17) is 0 Å². The van der Waals surface area contributed by atoms with Crippen molar-refractivity contribution < 1.29 is 8.42 Å². The lowest BCUT2D eigenvalue weighted by Gasteiger charge is -2.11. The van der Waals surface area contributed by atoms with Crippen molar-refractivity contribution in [2.24, 2.45) is 0 Å². The van der Waals surface area contributed by atoms with Gasteiger partial charge in [0.25, 0.3) is 0 Å². The third-order valence-corrected chi connectivity index (χ3v) is 6.69. The molecule has 2 aromatic rings. The number of thiophene rings is 2. The maximum atomic E-state index is 12.5. The minimum absolute atomic E-state index is 0.321. The van der Waals surface area contributed by atoms with Crippen LogP contribution in [0.15, 0.2) is 27.8 Å².